The molecule has 0 aliphatic carbocycles. The Labute approximate surface area is 89.8 Å². The molecule has 0 unspecified atom stereocenters. The highest BCUT2D eigenvalue weighted by Crippen LogP contribution is 2.37. The van der Waals surface area contributed by atoms with Crippen LogP contribution in [-0.4, -0.2) is 14.2 Å². The fraction of sp³-hybridized carbons (Fsp3) is 0.455. The molecule has 1 rings (SSSR count). The summed E-state index contributed by atoms with van der Waals surface area (Å²) in [6, 6.07) is 3.86. The van der Waals surface area contributed by atoms with Gasteiger partial charge in [-0.3, -0.25) is 0 Å². The second kappa shape index (κ2) is 5.11. The zero-order valence-corrected chi connectivity index (χ0v) is 9.52. The maximum atomic E-state index is 6.17. The molecule has 0 atom stereocenters. The van der Waals surface area contributed by atoms with Gasteiger partial charge in [0, 0.05) is 0 Å². The van der Waals surface area contributed by atoms with Crippen molar-refractivity contribution in [3.63, 3.8) is 0 Å². The number of halogens is 1. The van der Waals surface area contributed by atoms with Gasteiger partial charge in [-0.1, -0.05) is 31.0 Å². The average Bonchev–Trinajstić information content (AvgIpc) is 2.21. The first-order valence-corrected chi connectivity index (χ1v) is 5.01. The number of hydrogen-bond donors (Lipinski definition) is 0. The lowest BCUT2D eigenvalue weighted by Gasteiger charge is -2.12. The molecule has 14 heavy (non-hydrogen) atoms. The minimum atomic E-state index is 0.625. The SMILES string of the molecule is CCCc1ccc(OC)c(OC)c1Cl. The van der Waals surface area contributed by atoms with E-state index in [0.717, 1.165) is 18.4 Å². The molecule has 0 fully saturated rings. The Morgan fingerprint density at radius 1 is 1.21 bits per heavy atom. The fourth-order valence-corrected chi connectivity index (χ4v) is 1.72. The Bertz CT molecular complexity index is 310. The summed E-state index contributed by atoms with van der Waals surface area (Å²) in [5, 5.41) is 0.661. The first-order chi connectivity index (χ1) is 6.74. The van der Waals surface area contributed by atoms with Crippen LogP contribution >= 0.6 is 11.6 Å². The van der Waals surface area contributed by atoms with Gasteiger partial charge < -0.3 is 9.47 Å². The number of benzene rings is 1. The topological polar surface area (TPSA) is 18.5 Å². The molecule has 0 saturated heterocycles. The molecule has 0 saturated carbocycles. The van der Waals surface area contributed by atoms with Crippen LogP contribution in [0, 0.1) is 0 Å². The zero-order valence-electron chi connectivity index (χ0n) is 8.76. The number of hydrogen-bond acceptors (Lipinski definition) is 2. The third-order valence-corrected chi connectivity index (χ3v) is 2.50. The molecule has 0 heterocycles. The van der Waals surface area contributed by atoms with Crippen molar-refractivity contribution in [2.24, 2.45) is 0 Å². The molecule has 0 bridgehead atoms. The molecule has 0 N–H and O–H groups in total. The highest BCUT2D eigenvalue weighted by atomic mass is 35.5. The largest absolute Gasteiger partial charge is 0.493 e. The summed E-state index contributed by atoms with van der Waals surface area (Å²) in [5.74, 6) is 1.30. The normalized spacial score (nSPS) is 10.0. The molecular formula is C11H15ClO2. The van der Waals surface area contributed by atoms with Gasteiger partial charge in [0.15, 0.2) is 11.5 Å². The number of rotatable bonds is 4. The van der Waals surface area contributed by atoms with Crippen molar-refractivity contribution in [1.82, 2.24) is 0 Å². The lowest BCUT2D eigenvalue weighted by molar-refractivity contribution is 0.354. The maximum absolute atomic E-state index is 6.17. The molecule has 0 spiro atoms. The van der Waals surface area contributed by atoms with Crippen LogP contribution in [0.2, 0.25) is 5.02 Å². The van der Waals surface area contributed by atoms with Crippen LogP contribution in [0.4, 0.5) is 0 Å². The van der Waals surface area contributed by atoms with Crippen LogP contribution in [-0.2, 0) is 6.42 Å². The zero-order chi connectivity index (χ0) is 10.6. The standard InChI is InChI=1S/C11H15ClO2/c1-4-5-8-6-7-9(13-2)11(14-3)10(8)12/h6-7H,4-5H2,1-3H3. The van der Waals surface area contributed by atoms with Gasteiger partial charge >= 0.3 is 0 Å². The van der Waals surface area contributed by atoms with Gasteiger partial charge in [0.1, 0.15) is 0 Å². The molecule has 2 nitrogen and oxygen atoms in total. The summed E-state index contributed by atoms with van der Waals surface area (Å²) in [5.41, 5.74) is 1.10. The predicted octanol–water partition coefficient (Wildman–Crippen LogP) is 3.31. The summed E-state index contributed by atoms with van der Waals surface area (Å²) < 4.78 is 10.3. The molecule has 78 valence electrons. The lowest BCUT2D eigenvalue weighted by atomic mass is 10.1. The van der Waals surface area contributed by atoms with Crippen molar-refractivity contribution in [2.75, 3.05) is 14.2 Å². The smallest absolute Gasteiger partial charge is 0.179 e. The third-order valence-electron chi connectivity index (χ3n) is 2.08. The van der Waals surface area contributed by atoms with E-state index in [1.54, 1.807) is 14.2 Å². The van der Waals surface area contributed by atoms with E-state index in [-0.39, 0.29) is 0 Å². The molecular weight excluding hydrogens is 200 g/mol. The van der Waals surface area contributed by atoms with Crippen LogP contribution < -0.4 is 9.47 Å². The van der Waals surface area contributed by atoms with E-state index in [0.29, 0.717) is 16.5 Å². The van der Waals surface area contributed by atoms with Gasteiger partial charge in [-0.15, -0.1) is 0 Å². The summed E-state index contributed by atoms with van der Waals surface area (Å²) in [6.45, 7) is 2.12. The summed E-state index contributed by atoms with van der Waals surface area (Å²) >= 11 is 6.17. The van der Waals surface area contributed by atoms with Gasteiger partial charge in [0.25, 0.3) is 0 Å². The predicted molar refractivity (Wildman–Crippen MR) is 58.6 cm³/mol. The highest BCUT2D eigenvalue weighted by Gasteiger charge is 2.11. The van der Waals surface area contributed by atoms with E-state index in [1.165, 1.54) is 0 Å². The van der Waals surface area contributed by atoms with Crippen molar-refractivity contribution in [3.05, 3.63) is 22.7 Å². The van der Waals surface area contributed by atoms with Crippen molar-refractivity contribution < 1.29 is 9.47 Å². The quantitative estimate of drug-likeness (QED) is 0.766. The Hall–Kier alpha value is -0.890. The second-order valence-corrected chi connectivity index (χ2v) is 3.40. The van der Waals surface area contributed by atoms with Crippen LogP contribution in [0.25, 0.3) is 0 Å². The van der Waals surface area contributed by atoms with Gasteiger partial charge in [-0.05, 0) is 18.1 Å². The van der Waals surface area contributed by atoms with E-state index >= 15 is 0 Å². The molecule has 1 aromatic carbocycles. The molecule has 0 aliphatic rings. The minimum Gasteiger partial charge on any atom is -0.493 e. The average molecular weight is 215 g/mol. The Balaban J connectivity index is 3.13. The van der Waals surface area contributed by atoms with Gasteiger partial charge in [-0.2, -0.15) is 0 Å². The molecule has 0 amide bonds. The Kier molecular flexibility index (Phi) is 4.08. The van der Waals surface area contributed by atoms with Gasteiger partial charge in [-0.25, -0.2) is 0 Å². The summed E-state index contributed by atoms with van der Waals surface area (Å²) in [7, 11) is 3.20. The molecule has 0 radical (unpaired) electrons. The van der Waals surface area contributed by atoms with Crippen LogP contribution in [0.1, 0.15) is 18.9 Å². The first kappa shape index (κ1) is 11.2. The summed E-state index contributed by atoms with van der Waals surface area (Å²) in [6.07, 6.45) is 2.02. The fourth-order valence-electron chi connectivity index (χ4n) is 1.39. The van der Waals surface area contributed by atoms with E-state index in [1.807, 2.05) is 12.1 Å². The van der Waals surface area contributed by atoms with Gasteiger partial charge in [0.2, 0.25) is 0 Å². The maximum Gasteiger partial charge on any atom is 0.179 e. The molecule has 0 aliphatic heterocycles. The summed E-state index contributed by atoms with van der Waals surface area (Å²) in [4.78, 5) is 0. The van der Waals surface area contributed by atoms with Crippen LogP contribution in [0.5, 0.6) is 11.5 Å². The number of aryl methyl sites for hydroxylation is 1. The molecule has 1 aromatic rings. The second-order valence-electron chi connectivity index (χ2n) is 3.02. The van der Waals surface area contributed by atoms with Crippen molar-refractivity contribution >= 4 is 11.6 Å². The Morgan fingerprint density at radius 3 is 2.43 bits per heavy atom. The van der Waals surface area contributed by atoms with Crippen molar-refractivity contribution in [3.8, 4) is 11.5 Å². The number of methoxy groups -OCH3 is 2. The molecule has 3 heteroatoms. The van der Waals surface area contributed by atoms with E-state index < -0.39 is 0 Å². The third kappa shape index (κ3) is 2.13. The van der Waals surface area contributed by atoms with Crippen molar-refractivity contribution in [1.29, 1.82) is 0 Å². The van der Waals surface area contributed by atoms with Crippen molar-refractivity contribution in [2.45, 2.75) is 19.8 Å². The van der Waals surface area contributed by atoms with Gasteiger partial charge in [0.05, 0.1) is 19.2 Å². The first-order valence-electron chi connectivity index (χ1n) is 4.64. The highest BCUT2D eigenvalue weighted by molar-refractivity contribution is 6.33. The van der Waals surface area contributed by atoms with Crippen LogP contribution in [0.3, 0.4) is 0 Å². The van der Waals surface area contributed by atoms with E-state index in [4.69, 9.17) is 21.1 Å². The molecule has 0 aromatic heterocycles. The van der Waals surface area contributed by atoms with E-state index in [9.17, 15) is 0 Å². The van der Waals surface area contributed by atoms with E-state index in [2.05, 4.69) is 6.92 Å². The number of ether oxygens (including phenoxy) is 2. The lowest BCUT2D eigenvalue weighted by Crippen LogP contribution is -1.94. The Morgan fingerprint density at radius 2 is 1.93 bits per heavy atom. The van der Waals surface area contributed by atoms with Crippen LogP contribution in [0.15, 0.2) is 12.1 Å². The minimum absolute atomic E-state index is 0.625. The monoisotopic (exact) mass is 214 g/mol.